The van der Waals surface area contributed by atoms with E-state index in [4.69, 9.17) is 19.9 Å². The van der Waals surface area contributed by atoms with Crippen molar-refractivity contribution < 1.29 is 19.0 Å². The maximum absolute atomic E-state index is 11.2. The Morgan fingerprint density at radius 2 is 2.22 bits per heavy atom. The first-order valence-electron chi connectivity index (χ1n) is 5.91. The van der Waals surface area contributed by atoms with Crippen LogP contribution >= 0.6 is 0 Å². The lowest BCUT2D eigenvalue weighted by molar-refractivity contribution is -0.149. The molecule has 0 radical (unpaired) electrons. The van der Waals surface area contributed by atoms with Crippen LogP contribution in [0.4, 0.5) is 0 Å². The minimum absolute atomic E-state index is 0.170. The Bertz CT molecular complexity index is 393. The van der Waals surface area contributed by atoms with Gasteiger partial charge in [-0.3, -0.25) is 4.79 Å². The molecular formula is C13H17NO4. The van der Waals surface area contributed by atoms with E-state index in [2.05, 4.69) is 0 Å². The molecule has 1 fully saturated rings. The van der Waals surface area contributed by atoms with E-state index < -0.39 is 12.0 Å². The van der Waals surface area contributed by atoms with Crippen molar-refractivity contribution in [1.82, 2.24) is 0 Å². The summed E-state index contributed by atoms with van der Waals surface area (Å²) in [5.41, 5.74) is 6.35. The Hall–Kier alpha value is -1.43. The van der Waals surface area contributed by atoms with Crippen molar-refractivity contribution >= 4 is 5.97 Å². The predicted octanol–water partition coefficient (Wildman–Crippen LogP) is 0.991. The minimum atomic E-state index is -0.614. The molecule has 0 spiro atoms. The van der Waals surface area contributed by atoms with Gasteiger partial charge in [-0.15, -0.1) is 0 Å². The van der Waals surface area contributed by atoms with Gasteiger partial charge in [-0.1, -0.05) is 30.3 Å². The second kappa shape index (κ2) is 5.95. The second-order valence-corrected chi connectivity index (χ2v) is 4.25. The van der Waals surface area contributed by atoms with Gasteiger partial charge in [-0.25, -0.2) is 0 Å². The summed E-state index contributed by atoms with van der Waals surface area (Å²) in [4.78, 5) is 11.2. The SMILES string of the molecule is C[C@H](N)C(=O)OC[C@H]1CO[C@@H](c2ccccc2)O1. The van der Waals surface area contributed by atoms with Crippen molar-refractivity contribution in [2.45, 2.75) is 25.4 Å². The van der Waals surface area contributed by atoms with Crippen LogP contribution in [0.5, 0.6) is 0 Å². The number of ether oxygens (including phenoxy) is 3. The molecule has 0 unspecified atom stereocenters. The summed E-state index contributed by atoms with van der Waals surface area (Å²) in [6.45, 7) is 2.16. The molecule has 98 valence electrons. The summed E-state index contributed by atoms with van der Waals surface area (Å²) in [5.74, 6) is -0.429. The summed E-state index contributed by atoms with van der Waals surface area (Å²) in [7, 11) is 0. The van der Waals surface area contributed by atoms with Crippen LogP contribution in [-0.2, 0) is 19.0 Å². The highest BCUT2D eigenvalue weighted by Crippen LogP contribution is 2.26. The third-order valence-corrected chi connectivity index (χ3v) is 2.60. The summed E-state index contributed by atoms with van der Waals surface area (Å²) < 4.78 is 16.1. The third-order valence-electron chi connectivity index (χ3n) is 2.60. The zero-order valence-corrected chi connectivity index (χ0v) is 10.2. The normalized spacial score (nSPS) is 24.8. The predicted molar refractivity (Wildman–Crippen MR) is 64.6 cm³/mol. The van der Waals surface area contributed by atoms with Gasteiger partial charge in [0.2, 0.25) is 0 Å². The van der Waals surface area contributed by atoms with Gasteiger partial charge in [-0.05, 0) is 6.92 Å². The van der Waals surface area contributed by atoms with E-state index >= 15 is 0 Å². The highest BCUT2D eigenvalue weighted by Gasteiger charge is 2.28. The summed E-state index contributed by atoms with van der Waals surface area (Å²) >= 11 is 0. The lowest BCUT2D eigenvalue weighted by Gasteiger charge is -2.12. The zero-order valence-electron chi connectivity index (χ0n) is 10.2. The molecular weight excluding hydrogens is 234 g/mol. The van der Waals surface area contributed by atoms with Crippen LogP contribution in [0.3, 0.4) is 0 Å². The number of benzene rings is 1. The molecule has 0 bridgehead atoms. The van der Waals surface area contributed by atoms with Gasteiger partial charge < -0.3 is 19.9 Å². The first kappa shape index (κ1) is 13.0. The van der Waals surface area contributed by atoms with Crippen molar-refractivity contribution in [2.24, 2.45) is 5.73 Å². The minimum Gasteiger partial charge on any atom is -0.462 e. The average molecular weight is 251 g/mol. The summed E-state index contributed by atoms with van der Waals surface area (Å²) in [5, 5.41) is 0. The standard InChI is InChI=1S/C13H17NO4/c1-9(14)12(15)16-7-11-8-17-13(18-11)10-5-3-2-4-6-10/h2-6,9,11,13H,7-8,14H2,1H3/t9-,11-,13+/m0/s1. The van der Waals surface area contributed by atoms with E-state index in [1.165, 1.54) is 0 Å². The molecule has 0 amide bonds. The largest absolute Gasteiger partial charge is 0.462 e. The molecule has 2 rings (SSSR count). The fourth-order valence-electron chi connectivity index (χ4n) is 1.63. The van der Waals surface area contributed by atoms with E-state index in [0.717, 1.165) is 5.56 Å². The molecule has 5 heteroatoms. The number of hydrogen-bond acceptors (Lipinski definition) is 5. The van der Waals surface area contributed by atoms with Crippen LogP contribution in [0.2, 0.25) is 0 Å². The number of hydrogen-bond donors (Lipinski definition) is 1. The van der Waals surface area contributed by atoms with Crippen molar-refractivity contribution in [3.8, 4) is 0 Å². The van der Waals surface area contributed by atoms with Gasteiger partial charge in [-0.2, -0.15) is 0 Å². The van der Waals surface area contributed by atoms with Gasteiger partial charge in [0.15, 0.2) is 6.29 Å². The lowest BCUT2D eigenvalue weighted by Crippen LogP contribution is -2.31. The molecule has 3 atom stereocenters. The molecule has 1 aromatic rings. The van der Waals surface area contributed by atoms with Crippen molar-refractivity contribution in [1.29, 1.82) is 0 Å². The average Bonchev–Trinajstić information content (AvgIpc) is 2.85. The lowest BCUT2D eigenvalue weighted by atomic mass is 10.2. The maximum atomic E-state index is 11.2. The smallest absolute Gasteiger partial charge is 0.322 e. The van der Waals surface area contributed by atoms with Gasteiger partial charge in [0.25, 0.3) is 0 Å². The van der Waals surface area contributed by atoms with Gasteiger partial charge in [0.05, 0.1) is 6.61 Å². The number of rotatable bonds is 4. The number of carbonyl (C=O) groups is 1. The van der Waals surface area contributed by atoms with Crippen LogP contribution in [0, 0.1) is 0 Å². The Kier molecular flexibility index (Phi) is 4.30. The van der Waals surface area contributed by atoms with Gasteiger partial charge >= 0.3 is 5.97 Å². The molecule has 1 saturated heterocycles. The van der Waals surface area contributed by atoms with E-state index in [-0.39, 0.29) is 19.0 Å². The van der Waals surface area contributed by atoms with Gasteiger partial charge in [0, 0.05) is 5.56 Å². The second-order valence-electron chi connectivity index (χ2n) is 4.25. The van der Waals surface area contributed by atoms with E-state index in [9.17, 15) is 4.79 Å². The van der Waals surface area contributed by atoms with Crippen molar-refractivity contribution in [3.63, 3.8) is 0 Å². The fraction of sp³-hybridized carbons (Fsp3) is 0.462. The van der Waals surface area contributed by atoms with E-state index in [0.29, 0.717) is 6.61 Å². The van der Waals surface area contributed by atoms with Crippen molar-refractivity contribution in [3.05, 3.63) is 35.9 Å². The highest BCUT2D eigenvalue weighted by molar-refractivity contribution is 5.74. The van der Waals surface area contributed by atoms with E-state index in [1.807, 2.05) is 30.3 Å². The third kappa shape index (κ3) is 3.29. The van der Waals surface area contributed by atoms with Crippen LogP contribution in [-0.4, -0.2) is 31.3 Å². The maximum Gasteiger partial charge on any atom is 0.322 e. The van der Waals surface area contributed by atoms with Gasteiger partial charge in [0.1, 0.15) is 18.8 Å². The molecule has 1 aliphatic heterocycles. The number of esters is 1. The topological polar surface area (TPSA) is 70.8 Å². The molecule has 1 aromatic carbocycles. The quantitative estimate of drug-likeness (QED) is 0.808. The summed E-state index contributed by atoms with van der Waals surface area (Å²) in [6, 6.07) is 9.02. The van der Waals surface area contributed by atoms with Crippen LogP contribution in [0.1, 0.15) is 18.8 Å². The molecule has 18 heavy (non-hydrogen) atoms. The highest BCUT2D eigenvalue weighted by atomic mass is 16.7. The summed E-state index contributed by atoms with van der Waals surface area (Å²) in [6.07, 6.45) is -0.622. The van der Waals surface area contributed by atoms with Crippen LogP contribution in [0.25, 0.3) is 0 Å². The van der Waals surface area contributed by atoms with Crippen LogP contribution < -0.4 is 5.73 Å². The zero-order chi connectivity index (χ0) is 13.0. The molecule has 5 nitrogen and oxygen atoms in total. The first-order valence-corrected chi connectivity index (χ1v) is 5.91. The molecule has 2 N–H and O–H groups in total. The van der Waals surface area contributed by atoms with Crippen molar-refractivity contribution in [2.75, 3.05) is 13.2 Å². The molecule has 1 heterocycles. The monoisotopic (exact) mass is 251 g/mol. The van der Waals surface area contributed by atoms with E-state index in [1.54, 1.807) is 6.92 Å². The Morgan fingerprint density at radius 1 is 1.50 bits per heavy atom. The molecule has 1 aliphatic rings. The molecule has 0 aromatic heterocycles. The number of nitrogens with two attached hydrogens (primary N) is 1. The number of carbonyl (C=O) groups excluding carboxylic acids is 1. The first-order chi connectivity index (χ1) is 8.66. The fourth-order valence-corrected chi connectivity index (χ4v) is 1.63. The Labute approximate surface area is 106 Å². The van der Waals surface area contributed by atoms with Crippen LogP contribution in [0.15, 0.2) is 30.3 Å². The molecule has 0 aliphatic carbocycles. The Morgan fingerprint density at radius 3 is 2.89 bits per heavy atom. The molecule has 0 saturated carbocycles. The Balaban J connectivity index is 1.80.